The average molecular weight is 507 g/mol. The quantitative estimate of drug-likeness (QED) is 0.338. The number of aliphatic hydroxyl groups excluding tert-OH is 1. The number of nitrogens with two attached hydrogens (primary N) is 1. The van der Waals surface area contributed by atoms with Crippen molar-refractivity contribution in [3.63, 3.8) is 0 Å². The largest absolute Gasteiger partial charge is 0.393 e. The Labute approximate surface area is 219 Å². The van der Waals surface area contributed by atoms with Crippen LogP contribution >= 0.6 is 0 Å². The molecule has 6 heteroatoms. The van der Waals surface area contributed by atoms with E-state index in [1.807, 2.05) is 0 Å². The summed E-state index contributed by atoms with van der Waals surface area (Å²) in [4.78, 5) is 12.5. The van der Waals surface area contributed by atoms with Crippen LogP contribution in [0, 0.1) is 46.3 Å². The second kappa shape index (κ2) is 12.4. The maximum absolute atomic E-state index is 12.5. The van der Waals surface area contributed by atoms with Gasteiger partial charge in [0.25, 0.3) is 0 Å². The minimum absolute atomic E-state index is 0.0593. The molecule has 0 saturated heterocycles. The number of aliphatic hydroxyl groups is 1. The summed E-state index contributed by atoms with van der Waals surface area (Å²) in [6.07, 6.45) is 13.0. The van der Waals surface area contributed by atoms with Gasteiger partial charge in [0, 0.05) is 19.5 Å². The van der Waals surface area contributed by atoms with Crippen molar-refractivity contribution in [1.82, 2.24) is 5.32 Å². The van der Waals surface area contributed by atoms with E-state index in [1.165, 1.54) is 44.9 Å². The van der Waals surface area contributed by atoms with Crippen LogP contribution in [-0.2, 0) is 14.3 Å². The molecule has 4 aliphatic rings. The van der Waals surface area contributed by atoms with Gasteiger partial charge in [-0.2, -0.15) is 0 Å². The fourth-order valence-electron chi connectivity index (χ4n) is 9.53. The summed E-state index contributed by atoms with van der Waals surface area (Å²) in [5.41, 5.74) is 6.28. The summed E-state index contributed by atoms with van der Waals surface area (Å²) < 4.78 is 10.8. The van der Waals surface area contributed by atoms with E-state index in [2.05, 4.69) is 26.1 Å². The van der Waals surface area contributed by atoms with Gasteiger partial charge in [-0.05, 0) is 111 Å². The molecule has 4 N–H and O–H groups in total. The van der Waals surface area contributed by atoms with Crippen LogP contribution in [0.15, 0.2) is 0 Å². The first-order chi connectivity index (χ1) is 17.3. The Morgan fingerprint density at radius 1 is 0.972 bits per heavy atom. The molecule has 9 atom stereocenters. The number of ether oxygens (including phenoxy) is 2. The van der Waals surface area contributed by atoms with Crippen LogP contribution in [0.4, 0.5) is 0 Å². The van der Waals surface area contributed by atoms with Gasteiger partial charge >= 0.3 is 0 Å². The molecule has 36 heavy (non-hydrogen) atoms. The molecule has 4 fully saturated rings. The van der Waals surface area contributed by atoms with Gasteiger partial charge in [0.15, 0.2) is 0 Å². The number of carbonyl (C=O) groups excluding carboxylic acids is 1. The number of fused-ring (bicyclic) bond motifs is 5. The second-order valence-corrected chi connectivity index (χ2v) is 13.2. The van der Waals surface area contributed by atoms with Gasteiger partial charge in [-0.1, -0.05) is 20.8 Å². The Morgan fingerprint density at radius 3 is 2.47 bits per heavy atom. The zero-order chi connectivity index (χ0) is 25.8. The van der Waals surface area contributed by atoms with E-state index in [0.29, 0.717) is 62.7 Å². The molecule has 0 spiro atoms. The fraction of sp³-hybridized carbons (Fsp3) is 0.967. The summed E-state index contributed by atoms with van der Waals surface area (Å²) in [7, 11) is 0. The fourth-order valence-corrected chi connectivity index (χ4v) is 9.53. The smallest absolute Gasteiger partial charge is 0.220 e. The summed E-state index contributed by atoms with van der Waals surface area (Å²) in [6.45, 7) is 10.9. The highest BCUT2D eigenvalue weighted by Crippen LogP contribution is 2.68. The van der Waals surface area contributed by atoms with Crippen molar-refractivity contribution in [2.24, 2.45) is 52.1 Å². The number of amides is 1. The van der Waals surface area contributed by atoms with Crippen LogP contribution in [0.1, 0.15) is 91.4 Å². The standard InChI is InChI=1S/C30H54N2O4/c1-21(4-9-28(34)32-15-17-36-19-18-35-16-14-31)25-7-8-26-24-6-5-22-20-23(33)10-12-29(22,2)27(24)11-13-30(25,26)3/h21-27,33H,4-20,31H2,1-3H3,(H,32,34)/t21-,22?,23-,24?,25?,26?,27?,29+,30-/m1/s1. The molecule has 1 amide bonds. The van der Waals surface area contributed by atoms with Gasteiger partial charge in [0.2, 0.25) is 5.91 Å². The lowest BCUT2D eigenvalue weighted by molar-refractivity contribution is -0.130. The first-order valence-corrected chi connectivity index (χ1v) is 15.1. The van der Waals surface area contributed by atoms with Crippen LogP contribution in [0.2, 0.25) is 0 Å². The molecule has 4 saturated carbocycles. The minimum Gasteiger partial charge on any atom is -0.393 e. The molecule has 4 rings (SSSR count). The van der Waals surface area contributed by atoms with Crippen molar-refractivity contribution in [2.45, 2.75) is 97.5 Å². The van der Waals surface area contributed by atoms with E-state index < -0.39 is 0 Å². The Bertz CT molecular complexity index is 719. The predicted molar refractivity (Wildman–Crippen MR) is 143 cm³/mol. The molecule has 0 aliphatic heterocycles. The van der Waals surface area contributed by atoms with Gasteiger partial charge in [-0.3, -0.25) is 4.79 Å². The zero-order valence-electron chi connectivity index (χ0n) is 23.3. The molecule has 0 radical (unpaired) electrons. The van der Waals surface area contributed by atoms with E-state index in [9.17, 15) is 9.90 Å². The van der Waals surface area contributed by atoms with Gasteiger partial charge in [-0.25, -0.2) is 0 Å². The molecule has 6 nitrogen and oxygen atoms in total. The average Bonchev–Trinajstić information content (AvgIpc) is 3.22. The second-order valence-electron chi connectivity index (χ2n) is 13.2. The first kappa shape index (κ1) is 28.3. The van der Waals surface area contributed by atoms with Crippen LogP contribution in [0.5, 0.6) is 0 Å². The molecular weight excluding hydrogens is 452 g/mol. The Hall–Kier alpha value is -0.690. The molecule has 0 bridgehead atoms. The molecule has 0 aromatic heterocycles. The number of hydrogen-bond acceptors (Lipinski definition) is 5. The van der Waals surface area contributed by atoms with Crippen molar-refractivity contribution in [3.05, 3.63) is 0 Å². The first-order valence-electron chi connectivity index (χ1n) is 15.1. The third-order valence-corrected chi connectivity index (χ3v) is 11.4. The minimum atomic E-state index is -0.0593. The Kier molecular flexibility index (Phi) is 9.79. The predicted octanol–water partition coefficient (Wildman–Crippen LogP) is 4.53. The molecule has 0 heterocycles. The van der Waals surface area contributed by atoms with Crippen LogP contribution in [0.25, 0.3) is 0 Å². The highest BCUT2D eigenvalue weighted by molar-refractivity contribution is 5.75. The summed E-state index contributed by atoms with van der Waals surface area (Å²) in [5.74, 6) is 4.81. The third kappa shape index (κ3) is 5.97. The Balaban J connectivity index is 1.22. The SMILES string of the molecule is C[C@H](CCC(=O)NCCOCCOCCN)C1CCC2C3CCC4C[C@H](O)CC[C@]4(C)C3CC[C@@]21C. The molecule has 208 valence electrons. The zero-order valence-corrected chi connectivity index (χ0v) is 23.3. The summed E-state index contributed by atoms with van der Waals surface area (Å²) >= 11 is 0. The maximum Gasteiger partial charge on any atom is 0.220 e. The lowest BCUT2D eigenvalue weighted by atomic mass is 9.44. The van der Waals surface area contributed by atoms with Crippen LogP contribution in [0.3, 0.4) is 0 Å². The molecule has 0 aromatic rings. The van der Waals surface area contributed by atoms with Crippen molar-refractivity contribution in [1.29, 1.82) is 0 Å². The molecule has 0 aromatic carbocycles. The van der Waals surface area contributed by atoms with Crippen molar-refractivity contribution in [2.75, 3.05) is 39.5 Å². The maximum atomic E-state index is 12.5. The third-order valence-electron chi connectivity index (χ3n) is 11.4. The Morgan fingerprint density at radius 2 is 1.69 bits per heavy atom. The molecular formula is C30H54N2O4. The van der Waals surface area contributed by atoms with Gasteiger partial charge in [0.1, 0.15) is 0 Å². The molecule has 5 unspecified atom stereocenters. The monoisotopic (exact) mass is 506 g/mol. The van der Waals surface area contributed by atoms with Gasteiger partial charge < -0.3 is 25.6 Å². The van der Waals surface area contributed by atoms with Gasteiger partial charge in [-0.15, -0.1) is 0 Å². The van der Waals surface area contributed by atoms with E-state index in [4.69, 9.17) is 15.2 Å². The lowest BCUT2D eigenvalue weighted by Gasteiger charge is -2.61. The number of hydrogen-bond donors (Lipinski definition) is 3. The van der Waals surface area contributed by atoms with Crippen LogP contribution in [-0.4, -0.2) is 56.6 Å². The number of nitrogens with one attached hydrogen (secondary N) is 1. The van der Waals surface area contributed by atoms with Crippen LogP contribution < -0.4 is 11.1 Å². The topological polar surface area (TPSA) is 93.8 Å². The van der Waals surface area contributed by atoms with E-state index in [1.54, 1.807) is 0 Å². The number of rotatable bonds is 12. The highest BCUT2D eigenvalue weighted by atomic mass is 16.5. The van der Waals surface area contributed by atoms with Crippen molar-refractivity contribution < 1.29 is 19.4 Å². The lowest BCUT2D eigenvalue weighted by Crippen LogP contribution is -2.54. The van der Waals surface area contributed by atoms with E-state index in [0.717, 1.165) is 48.9 Å². The van der Waals surface area contributed by atoms with E-state index in [-0.39, 0.29) is 12.0 Å². The molecule has 4 aliphatic carbocycles. The van der Waals surface area contributed by atoms with E-state index >= 15 is 0 Å². The summed E-state index contributed by atoms with van der Waals surface area (Å²) in [6, 6.07) is 0. The highest BCUT2D eigenvalue weighted by Gasteiger charge is 2.60. The van der Waals surface area contributed by atoms with Gasteiger partial charge in [0.05, 0.1) is 32.5 Å². The van der Waals surface area contributed by atoms with Crippen molar-refractivity contribution >= 4 is 5.91 Å². The van der Waals surface area contributed by atoms with Crippen molar-refractivity contribution in [3.8, 4) is 0 Å². The number of carbonyl (C=O) groups is 1. The normalized spacial score (nSPS) is 40.7. The summed E-state index contributed by atoms with van der Waals surface area (Å²) in [5, 5.41) is 13.3.